The normalized spacial score (nSPS) is 14.8. The highest BCUT2D eigenvalue weighted by Gasteiger charge is 2.50. The van der Waals surface area contributed by atoms with Crippen molar-refractivity contribution < 1.29 is 23.8 Å². The lowest BCUT2D eigenvalue weighted by molar-refractivity contribution is -0.119. The van der Waals surface area contributed by atoms with Crippen LogP contribution in [0.15, 0.2) is 0 Å². The first-order chi connectivity index (χ1) is 7.60. The molecule has 0 amide bonds. The van der Waals surface area contributed by atoms with Gasteiger partial charge in [-0.05, 0) is 55.4 Å². The van der Waals surface area contributed by atoms with Crippen LogP contribution in [-0.4, -0.2) is 32.6 Å². The second kappa shape index (κ2) is 5.14. The zero-order chi connectivity index (χ0) is 15.0. The van der Waals surface area contributed by atoms with E-state index >= 15 is 0 Å². The third-order valence-electron chi connectivity index (χ3n) is 3.55. The van der Waals surface area contributed by atoms with E-state index in [1.165, 1.54) is 0 Å². The lowest BCUT2D eigenvalue weighted by Gasteiger charge is -2.33. The minimum atomic E-state index is -2.46. The number of hydrogen-bond acceptors (Lipinski definition) is 5. The minimum absolute atomic E-state index is 1.03. The van der Waals surface area contributed by atoms with E-state index in [0.717, 1.165) is 0 Å². The van der Waals surface area contributed by atoms with Crippen LogP contribution in [0.3, 0.4) is 0 Å². The van der Waals surface area contributed by atoms with Crippen LogP contribution in [0.4, 0.5) is 0 Å². The second-order valence-electron chi connectivity index (χ2n) is 6.54. The monoisotopic (exact) mass is 281 g/mol. The van der Waals surface area contributed by atoms with E-state index in [9.17, 15) is 14.8 Å². The van der Waals surface area contributed by atoms with Gasteiger partial charge >= 0.3 is 8.25 Å². The van der Waals surface area contributed by atoms with Gasteiger partial charge < -0.3 is 10.2 Å². The smallest absolute Gasteiger partial charge is 0.387 e. The summed E-state index contributed by atoms with van der Waals surface area (Å²) in [4.78, 5) is 0. The van der Waals surface area contributed by atoms with Crippen LogP contribution in [0, 0.1) is 0 Å². The Balaban J connectivity index is 4.75. The predicted octanol–water partition coefficient (Wildman–Crippen LogP) is 2.78. The van der Waals surface area contributed by atoms with Crippen molar-refractivity contribution in [3.63, 3.8) is 0 Å². The molecule has 0 heterocycles. The SMILES string of the molecule is CC(C)(O)C(C)(C)O[P+](=O)OC(C)(C)C(C)(C)O. The van der Waals surface area contributed by atoms with Gasteiger partial charge in [0.1, 0.15) is 11.2 Å². The van der Waals surface area contributed by atoms with E-state index in [1.54, 1.807) is 55.4 Å². The van der Waals surface area contributed by atoms with Gasteiger partial charge in [-0.2, -0.15) is 0 Å². The van der Waals surface area contributed by atoms with Crippen LogP contribution >= 0.6 is 8.25 Å². The summed E-state index contributed by atoms with van der Waals surface area (Å²) < 4.78 is 22.4. The summed E-state index contributed by atoms with van der Waals surface area (Å²) in [6.07, 6.45) is 0. The topological polar surface area (TPSA) is 76.0 Å². The molecule has 0 aromatic heterocycles. The summed E-state index contributed by atoms with van der Waals surface area (Å²) in [5, 5.41) is 19.8. The maximum atomic E-state index is 11.8. The molecular formula is C12H26O5P+. The zero-order valence-corrected chi connectivity index (χ0v) is 13.5. The molecular weight excluding hydrogens is 255 g/mol. The van der Waals surface area contributed by atoms with Crippen molar-refractivity contribution >= 4 is 8.25 Å². The molecule has 108 valence electrons. The van der Waals surface area contributed by atoms with Gasteiger partial charge in [0.25, 0.3) is 0 Å². The Hall–Kier alpha value is -0.0600. The highest BCUT2D eigenvalue weighted by Crippen LogP contribution is 2.42. The summed E-state index contributed by atoms with van der Waals surface area (Å²) in [6, 6.07) is 0. The van der Waals surface area contributed by atoms with Gasteiger partial charge in [0.2, 0.25) is 0 Å². The van der Waals surface area contributed by atoms with E-state index < -0.39 is 30.7 Å². The first kappa shape index (κ1) is 17.9. The molecule has 2 N–H and O–H groups in total. The zero-order valence-electron chi connectivity index (χ0n) is 12.6. The Morgan fingerprint density at radius 2 is 0.944 bits per heavy atom. The molecule has 0 radical (unpaired) electrons. The van der Waals surface area contributed by atoms with Crippen molar-refractivity contribution in [2.45, 2.75) is 77.8 Å². The molecule has 0 spiro atoms. The molecule has 0 aliphatic rings. The lowest BCUT2D eigenvalue weighted by Crippen LogP contribution is -2.48. The van der Waals surface area contributed by atoms with Crippen molar-refractivity contribution in [3.8, 4) is 0 Å². The summed E-state index contributed by atoms with van der Waals surface area (Å²) >= 11 is 0. The Morgan fingerprint density at radius 1 is 0.722 bits per heavy atom. The van der Waals surface area contributed by atoms with Crippen LogP contribution in [0.25, 0.3) is 0 Å². The van der Waals surface area contributed by atoms with E-state index in [0.29, 0.717) is 0 Å². The third-order valence-corrected chi connectivity index (χ3v) is 4.76. The Labute approximate surface area is 110 Å². The lowest BCUT2D eigenvalue weighted by atomic mass is 9.90. The van der Waals surface area contributed by atoms with E-state index in [4.69, 9.17) is 9.05 Å². The van der Waals surface area contributed by atoms with Crippen molar-refractivity contribution in [3.05, 3.63) is 0 Å². The maximum Gasteiger partial charge on any atom is 0.698 e. The van der Waals surface area contributed by atoms with Crippen LogP contribution in [-0.2, 0) is 13.6 Å². The van der Waals surface area contributed by atoms with E-state index in [1.807, 2.05) is 0 Å². The predicted molar refractivity (Wildman–Crippen MR) is 70.5 cm³/mol. The minimum Gasteiger partial charge on any atom is -0.387 e. The highest BCUT2D eigenvalue weighted by atomic mass is 31.1. The molecule has 0 fully saturated rings. The molecule has 0 bridgehead atoms. The van der Waals surface area contributed by atoms with Crippen molar-refractivity contribution in [2.24, 2.45) is 0 Å². The third kappa shape index (κ3) is 4.56. The molecule has 0 aliphatic heterocycles. The molecule has 6 heteroatoms. The van der Waals surface area contributed by atoms with Crippen LogP contribution < -0.4 is 0 Å². The quantitative estimate of drug-likeness (QED) is 0.732. The van der Waals surface area contributed by atoms with Crippen molar-refractivity contribution in [2.75, 3.05) is 0 Å². The summed E-state index contributed by atoms with van der Waals surface area (Å²) in [5.41, 5.74) is -4.40. The highest BCUT2D eigenvalue weighted by molar-refractivity contribution is 7.33. The van der Waals surface area contributed by atoms with Gasteiger partial charge in [-0.1, -0.05) is 0 Å². The second-order valence-corrected chi connectivity index (χ2v) is 7.36. The van der Waals surface area contributed by atoms with Crippen molar-refractivity contribution in [1.82, 2.24) is 0 Å². The standard InChI is InChI=1S/C12H26O5P/c1-9(2,13)11(5,6)16-18(15)17-12(7,8)10(3,4)14/h13-14H,1-8H3/q+1. The molecule has 0 rings (SSSR count). The number of aliphatic hydroxyl groups is 2. The summed E-state index contributed by atoms with van der Waals surface area (Å²) in [6.45, 7) is 12.8. The van der Waals surface area contributed by atoms with Crippen LogP contribution in [0.1, 0.15) is 55.4 Å². The van der Waals surface area contributed by atoms with Gasteiger partial charge in [0.05, 0.1) is 11.2 Å². The summed E-state index contributed by atoms with van der Waals surface area (Å²) in [7, 11) is -2.46. The van der Waals surface area contributed by atoms with Gasteiger partial charge in [-0.25, -0.2) is 0 Å². The van der Waals surface area contributed by atoms with E-state index in [-0.39, 0.29) is 0 Å². The van der Waals surface area contributed by atoms with Gasteiger partial charge in [-0.3, -0.25) is 0 Å². The Kier molecular flexibility index (Phi) is 5.12. The first-order valence-corrected chi connectivity index (χ1v) is 7.00. The fourth-order valence-electron chi connectivity index (χ4n) is 0.615. The molecule has 0 saturated heterocycles. The average molecular weight is 281 g/mol. The maximum absolute atomic E-state index is 11.8. The molecule has 0 saturated carbocycles. The molecule has 0 aromatic carbocycles. The van der Waals surface area contributed by atoms with Crippen LogP contribution in [0.5, 0.6) is 0 Å². The van der Waals surface area contributed by atoms with Gasteiger partial charge in [0, 0.05) is 4.57 Å². The molecule has 0 atom stereocenters. The first-order valence-electron chi connectivity index (χ1n) is 5.90. The molecule has 5 nitrogen and oxygen atoms in total. The fourth-order valence-corrected chi connectivity index (χ4v) is 1.84. The number of rotatable bonds is 6. The largest absolute Gasteiger partial charge is 0.698 e. The summed E-state index contributed by atoms with van der Waals surface area (Å²) in [5.74, 6) is 0. The average Bonchev–Trinajstić information content (AvgIpc) is 1.95. The molecule has 0 aliphatic carbocycles. The molecule has 18 heavy (non-hydrogen) atoms. The van der Waals surface area contributed by atoms with Gasteiger partial charge in [-0.15, -0.1) is 9.05 Å². The fraction of sp³-hybridized carbons (Fsp3) is 1.00. The van der Waals surface area contributed by atoms with Crippen molar-refractivity contribution in [1.29, 1.82) is 0 Å². The Morgan fingerprint density at radius 3 is 1.11 bits per heavy atom. The molecule has 0 unspecified atom stereocenters. The Bertz CT molecular complexity index is 279. The van der Waals surface area contributed by atoms with Gasteiger partial charge in [0.15, 0.2) is 0 Å². The van der Waals surface area contributed by atoms with Crippen LogP contribution in [0.2, 0.25) is 0 Å². The number of hydrogen-bond donors (Lipinski definition) is 2. The van der Waals surface area contributed by atoms with E-state index in [2.05, 4.69) is 0 Å². The molecule has 0 aromatic rings.